The Kier molecular flexibility index (Phi) is 4.94. The van der Waals surface area contributed by atoms with Crippen LogP contribution in [0.1, 0.15) is 11.1 Å². The minimum atomic E-state index is -0.489. The summed E-state index contributed by atoms with van der Waals surface area (Å²) in [5.41, 5.74) is 3.77. The van der Waals surface area contributed by atoms with E-state index in [4.69, 9.17) is 9.47 Å². The highest BCUT2D eigenvalue weighted by atomic mass is 79.9. The summed E-state index contributed by atoms with van der Waals surface area (Å²) >= 11 is 3.39. The van der Waals surface area contributed by atoms with Gasteiger partial charge in [-0.15, -0.1) is 0 Å². The van der Waals surface area contributed by atoms with Crippen LogP contribution in [-0.4, -0.2) is 23.8 Å². The second-order valence-corrected chi connectivity index (χ2v) is 5.97. The van der Waals surface area contributed by atoms with E-state index in [-0.39, 0.29) is 24.8 Å². The molecule has 1 aliphatic rings. The summed E-state index contributed by atoms with van der Waals surface area (Å²) in [6.07, 6.45) is 1.55. The SMILES string of the molecule is O=C(Cc1ccc([N+](=O)[O-])cc1)N/N=C\c1cc2c(cc1Br)OCO2. The lowest BCUT2D eigenvalue weighted by Gasteiger charge is -2.02. The van der Waals surface area contributed by atoms with E-state index in [0.29, 0.717) is 17.1 Å². The molecule has 0 aromatic heterocycles. The molecule has 0 spiro atoms. The minimum absolute atomic E-state index is 0.0187. The first-order valence-corrected chi connectivity index (χ1v) is 7.96. The van der Waals surface area contributed by atoms with Gasteiger partial charge in [-0.25, -0.2) is 5.43 Å². The van der Waals surface area contributed by atoms with E-state index in [1.165, 1.54) is 30.5 Å². The molecule has 9 heteroatoms. The van der Waals surface area contributed by atoms with Crippen LogP contribution in [0.25, 0.3) is 0 Å². The molecule has 2 aromatic rings. The molecule has 1 N–H and O–H groups in total. The average Bonchev–Trinajstić information content (AvgIpc) is 3.02. The molecule has 0 fully saturated rings. The largest absolute Gasteiger partial charge is 0.454 e. The van der Waals surface area contributed by atoms with Gasteiger partial charge in [0.05, 0.1) is 17.6 Å². The summed E-state index contributed by atoms with van der Waals surface area (Å²) in [7, 11) is 0. The second kappa shape index (κ2) is 7.31. The number of halogens is 1. The van der Waals surface area contributed by atoms with Gasteiger partial charge >= 0.3 is 0 Å². The fraction of sp³-hybridized carbons (Fsp3) is 0.125. The molecule has 25 heavy (non-hydrogen) atoms. The number of nitro benzene ring substituents is 1. The lowest BCUT2D eigenvalue weighted by atomic mass is 10.1. The van der Waals surface area contributed by atoms with Gasteiger partial charge in [0, 0.05) is 22.2 Å². The molecule has 0 bridgehead atoms. The molecule has 3 rings (SSSR count). The number of nitrogens with one attached hydrogen (secondary N) is 1. The van der Waals surface area contributed by atoms with Crippen molar-refractivity contribution in [1.29, 1.82) is 0 Å². The molecular formula is C16H12BrN3O5. The standard InChI is InChI=1S/C16H12BrN3O5/c17-13-7-15-14(24-9-25-15)6-11(13)8-18-19-16(21)5-10-1-3-12(4-2-10)20(22)23/h1-4,6-8H,5,9H2,(H,19,21)/b18-8-. The zero-order valence-corrected chi connectivity index (χ0v) is 14.4. The predicted octanol–water partition coefficient (Wildman–Crippen LogP) is 2.78. The first kappa shape index (κ1) is 16.9. The van der Waals surface area contributed by atoms with Gasteiger partial charge in [0.2, 0.25) is 12.7 Å². The summed E-state index contributed by atoms with van der Waals surface area (Å²) in [5, 5.41) is 14.5. The van der Waals surface area contributed by atoms with Gasteiger partial charge in [-0.2, -0.15) is 5.10 Å². The van der Waals surface area contributed by atoms with Crippen molar-refractivity contribution >= 4 is 33.7 Å². The van der Waals surface area contributed by atoms with E-state index in [0.717, 1.165) is 10.0 Å². The summed E-state index contributed by atoms with van der Waals surface area (Å²) in [6, 6.07) is 9.30. The summed E-state index contributed by atoms with van der Waals surface area (Å²) in [6.45, 7) is 0.175. The van der Waals surface area contributed by atoms with Crippen molar-refractivity contribution in [2.75, 3.05) is 6.79 Å². The maximum atomic E-state index is 11.9. The number of fused-ring (bicyclic) bond motifs is 1. The highest BCUT2D eigenvalue weighted by Gasteiger charge is 2.15. The Morgan fingerprint density at radius 2 is 1.96 bits per heavy atom. The van der Waals surface area contributed by atoms with Crippen molar-refractivity contribution in [1.82, 2.24) is 5.43 Å². The van der Waals surface area contributed by atoms with Crippen molar-refractivity contribution in [2.45, 2.75) is 6.42 Å². The molecule has 0 radical (unpaired) electrons. The molecule has 8 nitrogen and oxygen atoms in total. The number of rotatable bonds is 5. The molecule has 128 valence electrons. The van der Waals surface area contributed by atoms with Crippen molar-refractivity contribution in [2.24, 2.45) is 5.10 Å². The van der Waals surface area contributed by atoms with Gasteiger partial charge in [0.1, 0.15) is 0 Å². The van der Waals surface area contributed by atoms with Crippen molar-refractivity contribution in [3.05, 3.63) is 62.1 Å². The van der Waals surface area contributed by atoms with Gasteiger partial charge in [-0.1, -0.05) is 12.1 Å². The van der Waals surface area contributed by atoms with Crippen LogP contribution in [0.3, 0.4) is 0 Å². The Balaban J connectivity index is 1.58. The third-order valence-corrected chi connectivity index (χ3v) is 4.08. The number of hydrogen-bond donors (Lipinski definition) is 1. The Hall–Kier alpha value is -2.94. The van der Waals surface area contributed by atoms with Crippen LogP contribution in [0.2, 0.25) is 0 Å². The lowest BCUT2D eigenvalue weighted by molar-refractivity contribution is -0.384. The predicted molar refractivity (Wildman–Crippen MR) is 92.8 cm³/mol. The normalized spacial score (nSPS) is 12.4. The van der Waals surface area contributed by atoms with Crippen LogP contribution in [0.5, 0.6) is 11.5 Å². The zero-order chi connectivity index (χ0) is 17.8. The van der Waals surface area contributed by atoms with Crippen LogP contribution < -0.4 is 14.9 Å². The molecule has 1 heterocycles. The molecule has 0 aliphatic carbocycles. The maximum absolute atomic E-state index is 11.9. The third-order valence-electron chi connectivity index (χ3n) is 3.40. The van der Waals surface area contributed by atoms with E-state index in [2.05, 4.69) is 26.5 Å². The van der Waals surface area contributed by atoms with E-state index in [1.807, 2.05) is 0 Å². The second-order valence-electron chi connectivity index (χ2n) is 5.12. The Morgan fingerprint density at radius 3 is 2.64 bits per heavy atom. The molecule has 2 aromatic carbocycles. The number of benzene rings is 2. The number of amides is 1. The Bertz CT molecular complexity index is 852. The molecule has 1 amide bonds. The van der Waals surface area contributed by atoms with Crippen LogP contribution in [0, 0.1) is 10.1 Å². The molecule has 0 atom stereocenters. The van der Waals surface area contributed by atoms with Gasteiger partial charge in [-0.3, -0.25) is 14.9 Å². The van der Waals surface area contributed by atoms with E-state index >= 15 is 0 Å². The lowest BCUT2D eigenvalue weighted by Crippen LogP contribution is -2.19. The third kappa shape index (κ3) is 4.13. The fourth-order valence-corrected chi connectivity index (χ4v) is 2.59. The Morgan fingerprint density at radius 1 is 1.28 bits per heavy atom. The molecule has 0 unspecified atom stereocenters. The number of ether oxygens (including phenoxy) is 2. The summed E-state index contributed by atoms with van der Waals surface area (Å²) < 4.78 is 11.3. The van der Waals surface area contributed by atoms with Crippen LogP contribution >= 0.6 is 15.9 Å². The number of nitro groups is 1. The number of nitrogens with zero attached hydrogens (tertiary/aromatic N) is 2. The smallest absolute Gasteiger partial charge is 0.269 e. The zero-order valence-electron chi connectivity index (χ0n) is 12.8. The fourth-order valence-electron chi connectivity index (χ4n) is 2.17. The number of hydrogen-bond acceptors (Lipinski definition) is 6. The molecular weight excluding hydrogens is 394 g/mol. The van der Waals surface area contributed by atoms with Gasteiger partial charge in [-0.05, 0) is 33.6 Å². The van der Waals surface area contributed by atoms with Crippen LogP contribution in [0.15, 0.2) is 46.0 Å². The van der Waals surface area contributed by atoms with Gasteiger partial charge in [0.15, 0.2) is 11.5 Å². The van der Waals surface area contributed by atoms with Crippen molar-refractivity contribution in [3.8, 4) is 11.5 Å². The number of carbonyl (C=O) groups excluding carboxylic acids is 1. The van der Waals surface area contributed by atoms with Crippen molar-refractivity contribution < 1.29 is 19.2 Å². The highest BCUT2D eigenvalue weighted by Crippen LogP contribution is 2.36. The quantitative estimate of drug-likeness (QED) is 0.467. The minimum Gasteiger partial charge on any atom is -0.454 e. The topological polar surface area (TPSA) is 103 Å². The maximum Gasteiger partial charge on any atom is 0.269 e. The van der Waals surface area contributed by atoms with Gasteiger partial charge in [0.25, 0.3) is 5.69 Å². The number of hydrazone groups is 1. The van der Waals surface area contributed by atoms with E-state index in [1.54, 1.807) is 12.1 Å². The number of carbonyl (C=O) groups is 1. The monoisotopic (exact) mass is 405 g/mol. The van der Waals surface area contributed by atoms with Crippen LogP contribution in [-0.2, 0) is 11.2 Å². The van der Waals surface area contributed by atoms with Crippen LogP contribution in [0.4, 0.5) is 5.69 Å². The summed E-state index contributed by atoms with van der Waals surface area (Å²) in [5.74, 6) is 0.926. The van der Waals surface area contributed by atoms with Gasteiger partial charge < -0.3 is 9.47 Å². The first-order chi connectivity index (χ1) is 12.0. The van der Waals surface area contributed by atoms with E-state index in [9.17, 15) is 14.9 Å². The molecule has 1 aliphatic heterocycles. The molecule has 0 saturated carbocycles. The first-order valence-electron chi connectivity index (χ1n) is 7.17. The number of non-ortho nitro benzene ring substituents is 1. The Labute approximate surface area is 150 Å². The van der Waals surface area contributed by atoms with E-state index < -0.39 is 4.92 Å². The highest BCUT2D eigenvalue weighted by molar-refractivity contribution is 9.10. The summed E-state index contributed by atoms with van der Waals surface area (Å²) in [4.78, 5) is 22.0. The molecule has 0 saturated heterocycles. The average molecular weight is 406 g/mol. The van der Waals surface area contributed by atoms with Crippen molar-refractivity contribution in [3.63, 3.8) is 0 Å².